The molecule has 1 aromatic heterocycles. The van der Waals surface area contributed by atoms with Crippen LogP contribution in [0.1, 0.15) is 23.2 Å². The Hall–Kier alpha value is -3.39. The van der Waals surface area contributed by atoms with Gasteiger partial charge in [0, 0.05) is 13.2 Å². The van der Waals surface area contributed by atoms with E-state index >= 15 is 0 Å². The number of hydrogen-bond donors (Lipinski definition) is 0. The van der Waals surface area contributed by atoms with E-state index in [4.69, 9.17) is 10.00 Å². The third kappa shape index (κ3) is 4.17. The van der Waals surface area contributed by atoms with E-state index in [1.54, 1.807) is 28.9 Å². The number of hydrogen-bond acceptors (Lipinski definition) is 4. The molecule has 0 saturated heterocycles. The molecular formula is C21H19N3O2. The lowest BCUT2D eigenvalue weighted by Gasteiger charge is -2.06. The molecule has 0 spiro atoms. The zero-order valence-electron chi connectivity index (χ0n) is 14.8. The van der Waals surface area contributed by atoms with Crippen LogP contribution in [0, 0.1) is 18.3 Å². The van der Waals surface area contributed by atoms with Crippen molar-refractivity contribution in [3.63, 3.8) is 0 Å². The summed E-state index contributed by atoms with van der Waals surface area (Å²) in [5.74, 6) is 0.259. The quantitative estimate of drug-likeness (QED) is 0.521. The van der Waals surface area contributed by atoms with Gasteiger partial charge < -0.3 is 4.74 Å². The Labute approximate surface area is 152 Å². The minimum atomic E-state index is -0.264. The first-order chi connectivity index (χ1) is 12.5. The van der Waals surface area contributed by atoms with Crippen molar-refractivity contribution in [2.24, 2.45) is 7.05 Å². The van der Waals surface area contributed by atoms with Gasteiger partial charge >= 0.3 is 5.97 Å². The summed E-state index contributed by atoms with van der Waals surface area (Å²) < 4.78 is 7.15. The molecule has 5 heteroatoms. The van der Waals surface area contributed by atoms with Crippen LogP contribution < -0.4 is 4.74 Å². The largest absolute Gasteiger partial charge is 0.427 e. The summed E-state index contributed by atoms with van der Waals surface area (Å²) >= 11 is 0. The predicted molar refractivity (Wildman–Crippen MR) is 98.5 cm³/mol. The van der Waals surface area contributed by atoms with Crippen LogP contribution in [0.2, 0.25) is 0 Å². The highest BCUT2D eigenvalue weighted by atomic mass is 16.5. The predicted octanol–water partition coefficient (Wildman–Crippen LogP) is 3.81. The average Bonchev–Trinajstić information content (AvgIpc) is 2.98. The van der Waals surface area contributed by atoms with Gasteiger partial charge in [0.25, 0.3) is 0 Å². The fourth-order valence-corrected chi connectivity index (χ4v) is 2.77. The Kier molecular flexibility index (Phi) is 5.14. The zero-order valence-corrected chi connectivity index (χ0v) is 14.8. The van der Waals surface area contributed by atoms with Gasteiger partial charge in [-0.3, -0.25) is 9.48 Å². The molecule has 0 fully saturated rings. The molecule has 1 heterocycles. The first kappa shape index (κ1) is 17.4. The summed E-state index contributed by atoms with van der Waals surface area (Å²) in [6, 6.07) is 16.8. The average molecular weight is 345 g/mol. The maximum Gasteiger partial charge on any atom is 0.311 e. The van der Waals surface area contributed by atoms with E-state index in [1.165, 1.54) is 0 Å². The number of aromatic nitrogens is 2. The van der Waals surface area contributed by atoms with Crippen molar-refractivity contribution in [3.8, 4) is 22.9 Å². The standard InChI is InChI=1S/C21H19N3O2/c1-15-19(14-24(2)23-15)9-12-21(25)26-20-10-7-18(8-11-20)17-5-3-16(13-22)4-6-17/h3-8,10-11,14H,9,12H2,1-2H3. The monoisotopic (exact) mass is 345 g/mol. The van der Waals surface area contributed by atoms with E-state index < -0.39 is 0 Å². The number of esters is 1. The molecule has 0 saturated carbocycles. The molecule has 0 radical (unpaired) electrons. The molecule has 3 aromatic rings. The van der Waals surface area contributed by atoms with Crippen LogP contribution in [0.4, 0.5) is 0 Å². The molecular weight excluding hydrogens is 326 g/mol. The van der Waals surface area contributed by atoms with Crippen molar-refractivity contribution >= 4 is 5.97 Å². The second kappa shape index (κ2) is 7.66. The zero-order chi connectivity index (χ0) is 18.5. The van der Waals surface area contributed by atoms with Crippen LogP contribution in [0.3, 0.4) is 0 Å². The topological polar surface area (TPSA) is 67.9 Å². The number of benzene rings is 2. The number of carbonyl (C=O) groups is 1. The molecule has 0 aliphatic carbocycles. The molecule has 2 aromatic carbocycles. The number of aryl methyl sites for hydroxylation is 3. The van der Waals surface area contributed by atoms with Crippen molar-refractivity contribution < 1.29 is 9.53 Å². The maximum absolute atomic E-state index is 12.0. The highest BCUT2D eigenvalue weighted by Crippen LogP contribution is 2.23. The van der Waals surface area contributed by atoms with Crippen LogP contribution in [-0.4, -0.2) is 15.7 Å². The minimum Gasteiger partial charge on any atom is -0.427 e. The van der Waals surface area contributed by atoms with Gasteiger partial charge in [0.05, 0.1) is 23.7 Å². The molecule has 5 nitrogen and oxygen atoms in total. The van der Waals surface area contributed by atoms with Gasteiger partial charge in [0.1, 0.15) is 5.75 Å². The molecule has 0 bridgehead atoms. The van der Waals surface area contributed by atoms with Crippen molar-refractivity contribution in [1.82, 2.24) is 9.78 Å². The third-order valence-corrected chi connectivity index (χ3v) is 4.15. The number of ether oxygens (including phenoxy) is 1. The number of nitrogens with zero attached hydrogens (tertiary/aromatic N) is 3. The van der Waals surface area contributed by atoms with E-state index in [1.807, 2.05) is 44.4 Å². The van der Waals surface area contributed by atoms with Crippen molar-refractivity contribution in [3.05, 3.63) is 71.5 Å². The third-order valence-electron chi connectivity index (χ3n) is 4.15. The highest BCUT2D eigenvalue weighted by Gasteiger charge is 2.09. The Morgan fingerprint density at radius 2 is 1.73 bits per heavy atom. The molecule has 0 atom stereocenters. The molecule has 3 rings (SSSR count). The Morgan fingerprint density at radius 3 is 2.27 bits per heavy atom. The second-order valence-electron chi connectivity index (χ2n) is 6.10. The van der Waals surface area contributed by atoms with Crippen LogP contribution >= 0.6 is 0 Å². The molecule has 0 aliphatic rings. The fraction of sp³-hybridized carbons (Fsp3) is 0.190. The molecule has 26 heavy (non-hydrogen) atoms. The van der Waals surface area contributed by atoms with Gasteiger partial charge in [-0.25, -0.2) is 0 Å². The van der Waals surface area contributed by atoms with Crippen LogP contribution in [-0.2, 0) is 18.3 Å². The van der Waals surface area contributed by atoms with Gasteiger partial charge in [-0.05, 0) is 54.3 Å². The Bertz CT molecular complexity index is 948. The summed E-state index contributed by atoms with van der Waals surface area (Å²) in [5, 5.41) is 13.1. The van der Waals surface area contributed by atoms with E-state index in [2.05, 4.69) is 11.2 Å². The highest BCUT2D eigenvalue weighted by molar-refractivity contribution is 5.73. The lowest BCUT2D eigenvalue weighted by Crippen LogP contribution is -2.09. The Morgan fingerprint density at radius 1 is 1.12 bits per heavy atom. The summed E-state index contributed by atoms with van der Waals surface area (Å²) in [5.41, 5.74) is 4.63. The molecule has 0 aliphatic heterocycles. The second-order valence-corrected chi connectivity index (χ2v) is 6.10. The normalized spacial score (nSPS) is 10.3. The summed E-state index contributed by atoms with van der Waals surface area (Å²) in [4.78, 5) is 12.0. The van der Waals surface area contributed by atoms with Crippen molar-refractivity contribution in [1.29, 1.82) is 5.26 Å². The van der Waals surface area contributed by atoms with Crippen molar-refractivity contribution in [2.45, 2.75) is 19.8 Å². The molecule has 0 N–H and O–H groups in total. The summed E-state index contributed by atoms with van der Waals surface area (Å²) in [6.07, 6.45) is 2.85. The molecule has 0 unspecified atom stereocenters. The van der Waals surface area contributed by atoms with Gasteiger partial charge in [0.15, 0.2) is 0 Å². The number of nitriles is 1. The van der Waals surface area contributed by atoms with Crippen LogP contribution in [0.15, 0.2) is 54.7 Å². The van der Waals surface area contributed by atoms with Crippen molar-refractivity contribution in [2.75, 3.05) is 0 Å². The first-order valence-corrected chi connectivity index (χ1v) is 8.35. The minimum absolute atomic E-state index is 0.264. The van der Waals surface area contributed by atoms with Crippen LogP contribution in [0.25, 0.3) is 11.1 Å². The molecule has 130 valence electrons. The number of carbonyl (C=O) groups excluding carboxylic acids is 1. The van der Waals surface area contributed by atoms with Crippen LogP contribution in [0.5, 0.6) is 5.75 Å². The summed E-state index contributed by atoms with van der Waals surface area (Å²) in [6.45, 7) is 1.93. The van der Waals surface area contributed by atoms with Gasteiger partial charge in [-0.1, -0.05) is 24.3 Å². The van der Waals surface area contributed by atoms with Gasteiger partial charge in [0.2, 0.25) is 0 Å². The van der Waals surface area contributed by atoms with E-state index in [0.29, 0.717) is 24.2 Å². The smallest absolute Gasteiger partial charge is 0.311 e. The van der Waals surface area contributed by atoms with E-state index in [-0.39, 0.29) is 5.97 Å². The van der Waals surface area contributed by atoms with E-state index in [9.17, 15) is 4.79 Å². The SMILES string of the molecule is Cc1nn(C)cc1CCC(=O)Oc1ccc(-c2ccc(C#N)cc2)cc1. The fourth-order valence-electron chi connectivity index (χ4n) is 2.77. The molecule has 0 amide bonds. The Balaban J connectivity index is 1.59. The lowest BCUT2D eigenvalue weighted by atomic mass is 10.0. The number of rotatable bonds is 5. The van der Waals surface area contributed by atoms with Gasteiger partial charge in [-0.15, -0.1) is 0 Å². The lowest BCUT2D eigenvalue weighted by molar-refractivity contribution is -0.134. The first-order valence-electron chi connectivity index (χ1n) is 8.35. The van der Waals surface area contributed by atoms with Gasteiger partial charge in [-0.2, -0.15) is 10.4 Å². The summed E-state index contributed by atoms with van der Waals surface area (Å²) in [7, 11) is 1.87. The maximum atomic E-state index is 12.0. The van der Waals surface area contributed by atoms with E-state index in [0.717, 1.165) is 22.4 Å².